The van der Waals surface area contributed by atoms with Gasteiger partial charge in [-0.25, -0.2) is 4.79 Å². The summed E-state index contributed by atoms with van der Waals surface area (Å²) in [5.41, 5.74) is 4.11. The van der Waals surface area contributed by atoms with Crippen LogP contribution in [-0.4, -0.2) is 16.7 Å². The van der Waals surface area contributed by atoms with E-state index in [1.54, 1.807) is 19.1 Å². The van der Waals surface area contributed by atoms with Gasteiger partial charge in [0.2, 0.25) is 0 Å². The second kappa shape index (κ2) is 11.8. The number of phenolic OH excluding ortho intramolecular Hbond substituents is 1. The van der Waals surface area contributed by atoms with Crippen LogP contribution in [0, 0.1) is 17.8 Å². The molecule has 0 atom stereocenters. The molecule has 0 unspecified atom stereocenters. The highest BCUT2D eigenvalue weighted by molar-refractivity contribution is 5.87. The Morgan fingerprint density at radius 3 is 1.83 bits per heavy atom. The van der Waals surface area contributed by atoms with Crippen LogP contribution in [0.1, 0.15) is 75.5 Å². The fraction of sp³-hybridized carbons (Fsp3) is 0.424. The summed E-state index contributed by atoms with van der Waals surface area (Å²) in [6.07, 6.45) is 17.9. The molecule has 4 aliphatic carbocycles. The zero-order valence-corrected chi connectivity index (χ0v) is 21.8. The molecule has 2 aromatic carbocycles. The van der Waals surface area contributed by atoms with Crippen molar-refractivity contribution >= 4 is 18.1 Å². The Morgan fingerprint density at radius 2 is 1.39 bits per heavy atom. The van der Waals surface area contributed by atoms with Crippen LogP contribution in [0.3, 0.4) is 0 Å². The van der Waals surface area contributed by atoms with E-state index in [2.05, 4.69) is 43.8 Å². The van der Waals surface area contributed by atoms with Gasteiger partial charge in [-0.2, -0.15) is 0 Å². The molecule has 190 valence electrons. The first-order chi connectivity index (χ1) is 17.3. The molecule has 36 heavy (non-hydrogen) atoms. The Labute approximate surface area is 216 Å². The van der Waals surface area contributed by atoms with Crippen molar-refractivity contribution in [3.63, 3.8) is 0 Å². The third-order valence-electron chi connectivity index (χ3n) is 7.74. The number of hydrogen-bond acceptors (Lipinski definition) is 3. The van der Waals surface area contributed by atoms with Crippen LogP contribution in [0.15, 0.2) is 72.8 Å². The van der Waals surface area contributed by atoms with E-state index >= 15 is 0 Å². The van der Waals surface area contributed by atoms with Gasteiger partial charge >= 0.3 is 5.97 Å². The topological polar surface area (TPSA) is 46.5 Å². The number of carbonyl (C=O) groups excluding carboxylic acids is 1. The molecule has 0 aliphatic heterocycles. The second-order valence-corrected chi connectivity index (χ2v) is 11.1. The first-order valence-corrected chi connectivity index (χ1v) is 13.5. The van der Waals surface area contributed by atoms with Crippen molar-refractivity contribution in [1.82, 2.24) is 0 Å². The van der Waals surface area contributed by atoms with Crippen LogP contribution >= 0.6 is 0 Å². The molecular formula is C33H40O3. The number of allylic oxidation sites excluding steroid dienone is 2. The van der Waals surface area contributed by atoms with Crippen LogP contribution in [0.4, 0.5) is 0 Å². The number of aromatic hydroxyl groups is 1. The maximum Gasteiger partial charge on any atom is 0.333 e. The van der Waals surface area contributed by atoms with Gasteiger partial charge in [0.05, 0.1) is 0 Å². The van der Waals surface area contributed by atoms with Crippen molar-refractivity contribution in [3.8, 4) is 5.75 Å². The SMILES string of the molecule is C=C(C)C(=O)OC12CC3CC(CC(C3)C1)C2.CCCc1ccc(C=CC=Cc2ccc(O)cc2)cc1. The lowest BCUT2D eigenvalue weighted by Crippen LogP contribution is -2.52. The van der Waals surface area contributed by atoms with E-state index in [0.717, 1.165) is 49.0 Å². The molecule has 2 aromatic rings. The fourth-order valence-electron chi connectivity index (χ4n) is 6.44. The molecule has 0 saturated heterocycles. The highest BCUT2D eigenvalue weighted by Gasteiger charge is 2.53. The van der Waals surface area contributed by atoms with Gasteiger partial charge in [-0.15, -0.1) is 0 Å². The number of esters is 1. The van der Waals surface area contributed by atoms with E-state index < -0.39 is 0 Å². The quantitative estimate of drug-likeness (QED) is 0.245. The Morgan fingerprint density at radius 1 is 0.917 bits per heavy atom. The van der Waals surface area contributed by atoms with Crippen molar-refractivity contribution in [2.75, 3.05) is 0 Å². The summed E-state index contributed by atoms with van der Waals surface area (Å²) < 4.78 is 5.77. The zero-order chi connectivity index (χ0) is 25.5. The summed E-state index contributed by atoms with van der Waals surface area (Å²) in [4.78, 5) is 11.7. The van der Waals surface area contributed by atoms with Gasteiger partial charge < -0.3 is 9.84 Å². The Kier molecular flexibility index (Phi) is 8.51. The summed E-state index contributed by atoms with van der Waals surface area (Å²) in [6, 6.07) is 15.8. The Hall–Kier alpha value is -3.07. The third-order valence-corrected chi connectivity index (χ3v) is 7.74. The molecule has 1 N–H and O–H groups in total. The second-order valence-electron chi connectivity index (χ2n) is 11.1. The number of aryl methyl sites for hydroxylation is 1. The summed E-state index contributed by atoms with van der Waals surface area (Å²) in [5.74, 6) is 2.59. The van der Waals surface area contributed by atoms with Gasteiger partial charge in [0.25, 0.3) is 0 Å². The van der Waals surface area contributed by atoms with Crippen LogP contribution in [0.5, 0.6) is 5.75 Å². The zero-order valence-electron chi connectivity index (χ0n) is 21.8. The van der Waals surface area contributed by atoms with Crippen molar-refractivity contribution in [2.24, 2.45) is 17.8 Å². The van der Waals surface area contributed by atoms with Gasteiger partial charge in [0.15, 0.2) is 0 Å². The first kappa shape index (κ1) is 26.0. The smallest absolute Gasteiger partial charge is 0.333 e. The minimum absolute atomic E-state index is 0.106. The molecule has 0 amide bonds. The molecule has 0 heterocycles. The maximum atomic E-state index is 11.7. The van der Waals surface area contributed by atoms with Gasteiger partial charge in [-0.05, 0) is 98.4 Å². The molecule has 4 aliphatic rings. The molecule has 3 heteroatoms. The fourth-order valence-corrected chi connectivity index (χ4v) is 6.44. The highest BCUT2D eigenvalue weighted by Crippen LogP contribution is 2.57. The van der Waals surface area contributed by atoms with Crippen LogP contribution in [-0.2, 0) is 16.0 Å². The van der Waals surface area contributed by atoms with Gasteiger partial charge in [-0.1, -0.05) is 80.6 Å². The van der Waals surface area contributed by atoms with Gasteiger partial charge in [0, 0.05) is 5.57 Å². The molecule has 4 saturated carbocycles. The van der Waals surface area contributed by atoms with Crippen LogP contribution in [0.25, 0.3) is 12.2 Å². The molecule has 4 fully saturated rings. The Balaban J connectivity index is 0.000000173. The van der Waals surface area contributed by atoms with E-state index in [0.29, 0.717) is 11.3 Å². The minimum Gasteiger partial charge on any atom is -0.508 e. The number of rotatable bonds is 7. The van der Waals surface area contributed by atoms with E-state index in [9.17, 15) is 9.90 Å². The standard InChI is InChI=1S/C19H20O.C14H20O2/c1-2-5-16-8-10-17(11-9-16)6-3-4-7-18-12-14-19(20)15-13-18;1-9(2)13(15)16-14-6-10-3-11(7-14)5-12(4-10)8-14/h3-4,6-15,20H,2,5H2,1H3;10-12H,1,3-8H2,2H3. The van der Waals surface area contributed by atoms with Crippen LogP contribution < -0.4 is 0 Å². The molecule has 6 rings (SSSR count). The van der Waals surface area contributed by atoms with E-state index in [-0.39, 0.29) is 11.6 Å². The van der Waals surface area contributed by atoms with Crippen molar-refractivity contribution in [2.45, 2.75) is 70.8 Å². The minimum atomic E-state index is -0.179. The predicted octanol–water partition coefficient (Wildman–Crippen LogP) is 8.15. The average Bonchev–Trinajstić information content (AvgIpc) is 2.83. The number of hydrogen-bond donors (Lipinski definition) is 1. The average molecular weight is 485 g/mol. The molecule has 3 nitrogen and oxygen atoms in total. The summed E-state index contributed by atoms with van der Waals surface area (Å²) in [5, 5.41) is 9.20. The Bertz CT molecular complexity index is 1050. The maximum absolute atomic E-state index is 11.7. The van der Waals surface area contributed by atoms with Crippen molar-refractivity contribution < 1.29 is 14.6 Å². The number of ether oxygens (including phenoxy) is 1. The lowest BCUT2D eigenvalue weighted by atomic mass is 9.54. The number of benzene rings is 2. The molecule has 0 spiro atoms. The van der Waals surface area contributed by atoms with Crippen molar-refractivity contribution in [3.05, 3.63) is 89.5 Å². The first-order valence-electron chi connectivity index (χ1n) is 13.5. The largest absolute Gasteiger partial charge is 0.508 e. The normalized spacial score (nSPS) is 26.1. The van der Waals surface area contributed by atoms with E-state index in [4.69, 9.17) is 4.74 Å². The van der Waals surface area contributed by atoms with Gasteiger partial charge in [0.1, 0.15) is 11.4 Å². The summed E-state index contributed by atoms with van der Waals surface area (Å²) in [6.45, 7) is 7.61. The summed E-state index contributed by atoms with van der Waals surface area (Å²) >= 11 is 0. The monoisotopic (exact) mass is 484 g/mol. The predicted molar refractivity (Wildman–Crippen MR) is 148 cm³/mol. The van der Waals surface area contributed by atoms with Crippen LogP contribution in [0.2, 0.25) is 0 Å². The molecule has 4 bridgehead atoms. The third kappa shape index (κ3) is 7.00. The van der Waals surface area contributed by atoms with Gasteiger partial charge in [-0.3, -0.25) is 0 Å². The lowest BCUT2D eigenvalue weighted by Gasteiger charge is -2.55. The molecule has 0 radical (unpaired) electrons. The lowest BCUT2D eigenvalue weighted by molar-refractivity contribution is -0.182. The van der Waals surface area contributed by atoms with E-state index in [1.165, 1.54) is 36.8 Å². The number of carbonyl (C=O) groups is 1. The highest BCUT2D eigenvalue weighted by atomic mass is 16.6. The number of phenols is 1. The summed E-state index contributed by atoms with van der Waals surface area (Å²) in [7, 11) is 0. The van der Waals surface area contributed by atoms with Crippen molar-refractivity contribution in [1.29, 1.82) is 0 Å². The van der Waals surface area contributed by atoms with E-state index in [1.807, 2.05) is 30.4 Å². The molecular weight excluding hydrogens is 444 g/mol. The molecule has 0 aromatic heterocycles.